The molecule has 116 valence electrons. The fraction of sp³-hybridized carbons (Fsp3) is 0.933. The van der Waals surface area contributed by atoms with Crippen LogP contribution in [0.15, 0.2) is 0 Å². The maximum atomic E-state index is 2.27. The number of rotatable bonds is 7. The van der Waals surface area contributed by atoms with Crippen LogP contribution in [-0.4, -0.2) is 37.6 Å². The molecule has 0 rings (SSSR count). The first-order valence-corrected chi connectivity index (χ1v) is 12.9. The normalized spacial score (nSPS) is 8.67. The third-order valence-electron chi connectivity index (χ3n) is 2.01. The first-order valence-electron chi connectivity index (χ1n) is 6.93. The van der Waals surface area contributed by atoms with Crippen molar-refractivity contribution in [1.29, 1.82) is 0 Å². The lowest BCUT2D eigenvalue weighted by molar-refractivity contribution is -0.648. The molecule has 0 radical (unpaired) electrons. The zero-order valence-electron chi connectivity index (χ0n) is 14.1. The lowest BCUT2D eigenvalue weighted by Gasteiger charge is -1.96. The van der Waals surface area contributed by atoms with E-state index in [0.717, 1.165) is 10.9 Å². The van der Waals surface area contributed by atoms with Crippen molar-refractivity contribution in [3.63, 3.8) is 0 Å². The van der Waals surface area contributed by atoms with Gasteiger partial charge in [0.15, 0.2) is 0 Å². The van der Waals surface area contributed by atoms with Crippen LogP contribution in [0.3, 0.4) is 0 Å². The van der Waals surface area contributed by atoms with E-state index >= 15 is 0 Å². The van der Waals surface area contributed by atoms with Gasteiger partial charge in [0.1, 0.15) is 26.1 Å². The highest BCUT2D eigenvalue weighted by Crippen LogP contribution is 1.93. The van der Waals surface area contributed by atoms with Crippen LogP contribution < -0.4 is 21.2 Å². The van der Waals surface area contributed by atoms with E-state index in [9.17, 15) is 0 Å². The van der Waals surface area contributed by atoms with Gasteiger partial charge in [-0.1, -0.05) is 13.8 Å². The third kappa shape index (κ3) is 36.0. The summed E-state index contributed by atoms with van der Waals surface area (Å²) in [6.07, 6.45) is 0. The van der Waals surface area contributed by atoms with E-state index in [4.69, 9.17) is 0 Å². The van der Waals surface area contributed by atoms with E-state index in [1.165, 1.54) is 37.6 Å². The molecule has 0 saturated carbocycles. The Labute approximate surface area is 136 Å². The Bertz CT molecular complexity index is 81.0. The van der Waals surface area contributed by atoms with Gasteiger partial charge in [0.2, 0.25) is 0 Å². The Kier molecular flexibility index (Phi) is 47.8. The number of thioether (sulfide) groups is 1. The topological polar surface area (TPSA) is 0 Å². The first kappa shape index (κ1) is 27.7. The van der Waals surface area contributed by atoms with Crippen molar-refractivity contribution < 1.29 is 21.2 Å². The van der Waals surface area contributed by atoms with Crippen LogP contribution in [0.25, 0.3) is 0 Å². The molecule has 0 amide bonds. The van der Waals surface area contributed by atoms with Gasteiger partial charge in [-0.2, -0.15) is 11.8 Å². The SMILES string of the molecule is CCSCC.CC[I+]CC.CC[S+](CC)CC.[CH3-]. The van der Waals surface area contributed by atoms with Gasteiger partial charge in [-0.05, 0) is 57.0 Å². The average Bonchev–Trinajstić information content (AvgIpc) is 2.35. The molecule has 0 aromatic rings. The molecule has 0 aliphatic rings. The van der Waals surface area contributed by atoms with Gasteiger partial charge in [0.05, 0.1) is 0 Å². The largest absolute Gasteiger partial charge is 0.358 e. The summed E-state index contributed by atoms with van der Waals surface area (Å²) in [6.45, 7) is 15.7. The van der Waals surface area contributed by atoms with Crippen LogP contribution in [0.2, 0.25) is 0 Å². The summed E-state index contributed by atoms with van der Waals surface area (Å²) < 4.78 is 2.91. The molecule has 0 spiro atoms. The van der Waals surface area contributed by atoms with E-state index in [0.29, 0.717) is 21.2 Å². The summed E-state index contributed by atoms with van der Waals surface area (Å²) in [5.74, 6) is 6.67. The second kappa shape index (κ2) is 31.0. The van der Waals surface area contributed by atoms with E-state index < -0.39 is 0 Å². The molecule has 0 aromatic heterocycles. The molecule has 0 fully saturated rings. The van der Waals surface area contributed by atoms with Crippen LogP contribution in [-0.2, 0) is 10.9 Å². The average molecular weight is 410 g/mol. The van der Waals surface area contributed by atoms with Gasteiger partial charge in [0.25, 0.3) is 21.2 Å². The Morgan fingerprint density at radius 1 is 0.722 bits per heavy atom. The third-order valence-corrected chi connectivity index (χ3v) is 7.43. The fourth-order valence-electron chi connectivity index (χ4n) is 1.01. The second-order valence-electron chi connectivity index (χ2n) is 2.98. The van der Waals surface area contributed by atoms with Crippen LogP contribution in [0.4, 0.5) is 0 Å². The first-order chi connectivity index (χ1) is 8.17. The van der Waals surface area contributed by atoms with Gasteiger partial charge in [0, 0.05) is 0 Å². The Morgan fingerprint density at radius 2 is 1.06 bits per heavy atom. The van der Waals surface area contributed by atoms with Crippen LogP contribution in [0, 0.1) is 7.43 Å². The Balaban J connectivity index is -0.0000000813. The molecule has 0 saturated heterocycles. The molecule has 18 heavy (non-hydrogen) atoms. The van der Waals surface area contributed by atoms with Crippen LogP contribution >= 0.6 is 11.8 Å². The summed E-state index contributed by atoms with van der Waals surface area (Å²) in [5.41, 5.74) is 0. The van der Waals surface area contributed by atoms with Gasteiger partial charge in [-0.3, -0.25) is 0 Å². The standard InChI is InChI=1S/C6H15S.C4H10I.C4H10S.CH3/c1-4-7(5-2)6-3;2*1-3-5-4-2;/h4-6H2,1-3H3;2*3-4H2,1-2H3;1H3/q2*+1;;-1. The molecule has 0 aliphatic carbocycles. The summed E-state index contributed by atoms with van der Waals surface area (Å²) in [7, 11) is 0.755. The van der Waals surface area contributed by atoms with Crippen molar-refractivity contribution in [3.05, 3.63) is 7.43 Å². The lowest BCUT2D eigenvalue weighted by atomic mass is 10.9. The fourth-order valence-corrected chi connectivity index (χ4v) is 3.72. The molecule has 0 aromatic carbocycles. The summed E-state index contributed by atoms with van der Waals surface area (Å²) in [4.78, 5) is 0. The monoisotopic (exact) mass is 409 g/mol. The predicted molar refractivity (Wildman–Crippen MR) is 95.2 cm³/mol. The maximum Gasteiger partial charge on any atom is 0.268 e. The number of halogens is 1. The highest BCUT2D eigenvalue weighted by Gasteiger charge is 2.05. The molecule has 3 heteroatoms. The molecular formula is C15H38IS2+. The van der Waals surface area contributed by atoms with E-state index in [1.807, 2.05) is 11.8 Å². The molecule has 0 bridgehead atoms. The molecule has 0 heterocycles. The quantitative estimate of drug-likeness (QED) is 0.268. The zero-order chi connectivity index (χ0) is 13.9. The molecule has 0 unspecified atom stereocenters. The minimum atomic E-state index is 0. The molecule has 0 nitrogen and oxygen atoms in total. The summed E-state index contributed by atoms with van der Waals surface area (Å²) >= 11 is 2.59. The van der Waals surface area contributed by atoms with Gasteiger partial charge in [-0.25, -0.2) is 0 Å². The summed E-state index contributed by atoms with van der Waals surface area (Å²) in [6, 6.07) is 0. The van der Waals surface area contributed by atoms with Crippen molar-refractivity contribution in [2.75, 3.05) is 37.6 Å². The molecule has 0 N–H and O–H groups in total. The number of alkyl halides is 2. The lowest BCUT2D eigenvalue weighted by Crippen LogP contribution is -3.63. The Morgan fingerprint density at radius 3 is 1.06 bits per heavy atom. The number of hydrogen-bond acceptors (Lipinski definition) is 1. The second-order valence-corrected chi connectivity index (χ2v) is 11.6. The maximum absolute atomic E-state index is 2.27. The van der Waals surface area contributed by atoms with Crippen LogP contribution in [0.5, 0.6) is 0 Å². The van der Waals surface area contributed by atoms with E-state index in [1.54, 1.807) is 0 Å². The Hall–Kier alpha value is 1.43. The highest BCUT2D eigenvalue weighted by atomic mass is 127. The van der Waals surface area contributed by atoms with Crippen molar-refractivity contribution in [2.45, 2.75) is 48.5 Å². The number of hydrogen-bond donors (Lipinski definition) is 0. The van der Waals surface area contributed by atoms with Gasteiger partial charge in [-0.15, -0.1) is 0 Å². The van der Waals surface area contributed by atoms with Crippen molar-refractivity contribution in [1.82, 2.24) is 0 Å². The summed E-state index contributed by atoms with van der Waals surface area (Å²) in [5, 5.41) is 0. The predicted octanol–water partition coefficient (Wildman–Crippen LogP) is 1.99. The minimum absolute atomic E-state index is 0. The van der Waals surface area contributed by atoms with Crippen LogP contribution in [0.1, 0.15) is 48.5 Å². The highest BCUT2D eigenvalue weighted by molar-refractivity contribution is 7.99. The van der Waals surface area contributed by atoms with Gasteiger partial charge >= 0.3 is 0 Å². The van der Waals surface area contributed by atoms with Gasteiger partial charge < -0.3 is 7.43 Å². The van der Waals surface area contributed by atoms with Crippen molar-refractivity contribution >= 4 is 22.7 Å². The van der Waals surface area contributed by atoms with E-state index in [2.05, 4.69) is 48.5 Å². The molecule has 0 atom stereocenters. The zero-order valence-corrected chi connectivity index (χ0v) is 17.9. The van der Waals surface area contributed by atoms with E-state index in [-0.39, 0.29) is 7.43 Å². The minimum Gasteiger partial charge on any atom is -0.358 e. The molecular weight excluding hydrogens is 371 g/mol. The smallest absolute Gasteiger partial charge is 0.268 e. The molecule has 0 aliphatic heterocycles. The van der Waals surface area contributed by atoms with Crippen molar-refractivity contribution in [2.24, 2.45) is 0 Å². The van der Waals surface area contributed by atoms with Crippen molar-refractivity contribution in [3.8, 4) is 0 Å².